The Balaban J connectivity index is 1.24. The van der Waals surface area contributed by atoms with Crippen molar-refractivity contribution in [3.05, 3.63) is 24.4 Å². The Kier molecular flexibility index (Phi) is 5.06. The summed E-state index contributed by atoms with van der Waals surface area (Å²) >= 11 is 0. The summed E-state index contributed by atoms with van der Waals surface area (Å²) in [7, 11) is 0. The van der Waals surface area contributed by atoms with Crippen LogP contribution in [0.25, 0.3) is 10.9 Å². The maximum atomic E-state index is 12.2. The Morgan fingerprint density at radius 2 is 2.19 bits per heavy atom. The highest BCUT2D eigenvalue weighted by atomic mass is 16.5. The Hall–Kier alpha value is -2.12. The summed E-state index contributed by atoms with van der Waals surface area (Å²) in [5.41, 5.74) is 1.68. The van der Waals surface area contributed by atoms with E-state index >= 15 is 0 Å². The Morgan fingerprint density at radius 3 is 2.96 bits per heavy atom. The van der Waals surface area contributed by atoms with Crippen LogP contribution in [0.1, 0.15) is 39.5 Å². The molecule has 4 rings (SSSR count). The first kappa shape index (κ1) is 18.3. The van der Waals surface area contributed by atoms with Crippen molar-refractivity contribution in [3.8, 4) is 0 Å². The minimum atomic E-state index is -0.201. The molecule has 2 aliphatic heterocycles. The van der Waals surface area contributed by atoms with Crippen molar-refractivity contribution in [2.45, 2.75) is 57.3 Å². The van der Waals surface area contributed by atoms with Gasteiger partial charge in [0.2, 0.25) is 0 Å². The molecule has 1 atom stereocenters. The van der Waals surface area contributed by atoms with Crippen LogP contribution in [0.2, 0.25) is 0 Å². The molecule has 0 bridgehead atoms. The highest BCUT2D eigenvalue weighted by Gasteiger charge is 2.42. The van der Waals surface area contributed by atoms with Gasteiger partial charge in [-0.15, -0.1) is 0 Å². The quantitative estimate of drug-likeness (QED) is 0.771. The molecule has 1 aromatic heterocycles. The van der Waals surface area contributed by atoms with E-state index in [1.165, 1.54) is 0 Å². The molecule has 0 unspecified atom stereocenters. The summed E-state index contributed by atoms with van der Waals surface area (Å²) in [6.07, 6.45) is 6.18. The van der Waals surface area contributed by atoms with Gasteiger partial charge in [-0.25, -0.2) is 4.79 Å². The van der Waals surface area contributed by atoms with Crippen LogP contribution in [0.15, 0.2) is 24.4 Å². The molecule has 7 nitrogen and oxygen atoms in total. The van der Waals surface area contributed by atoms with Crippen LogP contribution in [0.5, 0.6) is 0 Å². The molecule has 27 heavy (non-hydrogen) atoms. The van der Waals surface area contributed by atoms with Crippen molar-refractivity contribution in [3.63, 3.8) is 0 Å². The van der Waals surface area contributed by atoms with Crippen LogP contribution < -0.4 is 10.6 Å². The molecule has 146 valence electrons. The first-order valence-corrected chi connectivity index (χ1v) is 9.93. The minimum Gasteiger partial charge on any atom is -0.370 e. The average molecular weight is 371 g/mol. The second-order valence-corrected chi connectivity index (χ2v) is 8.10. The van der Waals surface area contributed by atoms with E-state index in [0.29, 0.717) is 12.6 Å². The molecule has 2 aromatic rings. The second-order valence-electron chi connectivity index (χ2n) is 8.10. The first-order valence-electron chi connectivity index (χ1n) is 9.93. The number of amides is 2. The van der Waals surface area contributed by atoms with Gasteiger partial charge in [-0.05, 0) is 57.7 Å². The number of benzene rings is 1. The molecule has 0 saturated carbocycles. The number of piperidine rings is 1. The van der Waals surface area contributed by atoms with Gasteiger partial charge in [0.25, 0.3) is 0 Å². The van der Waals surface area contributed by atoms with Gasteiger partial charge in [0.15, 0.2) is 0 Å². The lowest BCUT2D eigenvalue weighted by Crippen LogP contribution is -2.47. The number of carbonyl (C=O) groups is 1. The molecular weight excluding hydrogens is 342 g/mol. The number of urea groups is 1. The summed E-state index contributed by atoms with van der Waals surface area (Å²) in [6.45, 7) is 7.27. The molecule has 1 aromatic carbocycles. The summed E-state index contributed by atoms with van der Waals surface area (Å²) < 4.78 is 6.38. The predicted molar refractivity (Wildman–Crippen MR) is 106 cm³/mol. The van der Waals surface area contributed by atoms with Crippen LogP contribution in [-0.2, 0) is 4.74 Å². The Labute approximate surface area is 159 Å². The number of likely N-dealkylation sites (tertiary alicyclic amines) is 1. The summed E-state index contributed by atoms with van der Waals surface area (Å²) in [5, 5.41) is 13.8. The van der Waals surface area contributed by atoms with Crippen LogP contribution in [0.3, 0.4) is 0 Å². The van der Waals surface area contributed by atoms with Gasteiger partial charge in [0.1, 0.15) is 0 Å². The van der Waals surface area contributed by atoms with Gasteiger partial charge < -0.3 is 20.3 Å². The number of nitrogens with zero attached hydrogens (tertiary/aromatic N) is 2. The number of ether oxygens (including phenoxy) is 1. The van der Waals surface area contributed by atoms with Gasteiger partial charge in [-0.3, -0.25) is 5.10 Å². The van der Waals surface area contributed by atoms with E-state index in [1.54, 1.807) is 6.20 Å². The summed E-state index contributed by atoms with van der Waals surface area (Å²) in [4.78, 5) is 14.7. The third-order valence-electron chi connectivity index (χ3n) is 5.97. The second kappa shape index (κ2) is 7.48. The van der Waals surface area contributed by atoms with Crippen molar-refractivity contribution in [1.82, 2.24) is 20.4 Å². The lowest BCUT2D eigenvalue weighted by Gasteiger charge is -2.40. The number of hydrogen-bond acceptors (Lipinski definition) is 4. The predicted octanol–water partition coefficient (Wildman–Crippen LogP) is 3.11. The van der Waals surface area contributed by atoms with Gasteiger partial charge in [0, 0.05) is 36.7 Å². The fourth-order valence-corrected chi connectivity index (χ4v) is 4.25. The number of aromatic amines is 1. The van der Waals surface area contributed by atoms with Crippen LogP contribution in [0.4, 0.5) is 10.5 Å². The molecule has 3 N–H and O–H groups in total. The number of rotatable bonds is 4. The van der Waals surface area contributed by atoms with E-state index in [4.69, 9.17) is 4.74 Å². The summed E-state index contributed by atoms with van der Waals surface area (Å²) in [5.74, 6) is 0. The van der Waals surface area contributed by atoms with E-state index in [0.717, 1.165) is 55.4 Å². The van der Waals surface area contributed by atoms with Gasteiger partial charge in [-0.2, -0.15) is 5.10 Å². The highest BCUT2D eigenvalue weighted by molar-refractivity contribution is 5.92. The molecule has 2 aliphatic rings. The van der Waals surface area contributed by atoms with E-state index in [9.17, 15) is 4.79 Å². The van der Waals surface area contributed by atoms with E-state index in [2.05, 4.69) is 39.6 Å². The van der Waals surface area contributed by atoms with Crippen molar-refractivity contribution in [2.75, 3.05) is 25.0 Å². The number of nitrogens with one attached hydrogen (secondary N) is 3. The van der Waals surface area contributed by atoms with Crippen LogP contribution >= 0.6 is 0 Å². The third-order valence-corrected chi connectivity index (χ3v) is 5.97. The molecule has 7 heteroatoms. The average Bonchev–Trinajstić information content (AvgIpc) is 3.27. The number of carbonyl (C=O) groups excluding carboxylic acids is 1. The minimum absolute atomic E-state index is 0.0276. The standard InChI is InChI=1S/C20H29N5O2/c1-14(2)25-9-7-20(8-10-25)6-5-17(27-20)13-21-19(26)23-16-4-3-15-12-22-24-18(15)11-16/h3-4,11-12,14,17H,5-10,13H2,1-2H3,(H,22,24)(H2,21,23,26)/t17-/m0/s1. The molecule has 0 radical (unpaired) electrons. The smallest absolute Gasteiger partial charge is 0.319 e. The fraction of sp³-hybridized carbons (Fsp3) is 0.600. The van der Waals surface area contributed by atoms with Gasteiger partial charge in [-0.1, -0.05) is 0 Å². The SMILES string of the molecule is CC(C)N1CCC2(CC[C@@H](CNC(=O)Nc3ccc4cn[nH]c4c3)O2)CC1. The van der Waals surface area contributed by atoms with Crippen LogP contribution in [0, 0.1) is 0 Å². The largest absolute Gasteiger partial charge is 0.370 e. The molecule has 2 saturated heterocycles. The lowest BCUT2D eigenvalue weighted by molar-refractivity contribution is -0.0786. The Bertz CT molecular complexity index is 795. The number of aromatic nitrogens is 2. The zero-order chi connectivity index (χ0) is 18.9. The van der Waals surface area contributed by atoms with Crippen molar-refractivity contribution >= 4 is 22.6 Å². The van der Waals surface area contributed by atoms with Crippen LogP contribution in [-0.4, -0.2) is 58.5 Å². The fourth-order valence-electron chi connectivity index (χ4n) is 4.25. The zero-order valence-electron chi connectivity index (χ0n) is 16.1. The summed E-state index contributed by atoms with van der Waals surface area (Å²) in [6, 6.07) is 6.09. The van der Waals surface area contributed by atoms with E-state index in [-0.39, 0.29) is 17.7 Å². The molecule has 2 amide bonds. The normalized spacial score (nSPS) is 22.6. The molecule has 1 spiro atoms. The Morgan fingerprint density at radius 1 is 1.37 bits per heavy atom. The van der Waals surface area contributed by atoms with Gasteiger partial charge in [0.05, 0.1) is 23.4 Å². The maximum absolute atomic E-state index is 12.2. The number of fused-ring (bicyclic) bond motifs is 1. The molecular formula is C20H29N5O2. The zero-order valence-corrected chi connectivity index (χ0v) is 16.1. The topological polar surface area (TPSA) is 82.3 Å². The van der Waals surface area contributed by atoms with Crippen molar-refractivity contribution < 1.29 is 9.53 Å². The molecule has 2 fully saturated rings. The van der Waals surface area contributed by atoms with E-state index in [1.807, 2.05) is 18.2 Å². The van der Waals surface area contributed by atoms with Gasteiger partial charge >= 0.3 is 6.03 Å². The van der Waals surface area contributed by atoms with E-state index < -0.39 is 0 Å². The lowest BCUT2D eigenvalue weighted by atomic mass is 9.88. The number of H-pyrrole nitrogens is 1. The monoisotopic (exact) mass is 371 g/mol. The van der Waals surface area contributed by atoms with Crippen molar-refractivity contribution in [2.24, 2.45) is 0 Å². The third kappa shape index (κ3) is 4.09. The van der Waals surface area contributed by atoms with Crippen molar-refractivity contribution in [1.29, 1.82) is 0 Å². The first-order chi connectivity index (χ1) is 13.0. The number of hydrogen-bond donors (Lipinski definition) is 3. The molecule has 0 aliphatic carbocycles. The molecule has 3 heterocycles. The highest BCUT2D eigenvalue weighted by Crippen LogP contribution is 2.39. The maximum Gasteiger partial charge on any atom is 0.319 e. The number of anilines is 1.